The highest BCUT2D eigenvalue weighted by Gasteiger charge is 2.39. The number of amides is 1. The van der Waals surface area contributed by atoms with Gasteiger partial charge >= 0.3 is 0 Å². The summed E-state index contributed by atoms with van der Waals surface area (Å²) >= 11 is 5.42. The van der Waals surface area contributed by atoms with Crippen LogP contribution in [0.25, 0.3) is 0 Å². The van der Waals surface area contributed by atoms with E-state index >= 15 is 0 Å². The number of alkyl halides is 1. The van der Waals surface area contributed by atoms with Crippen LogP contribution in [0.2, 0.25) is 0 Å². The van der Waals surface area contributed by atoms with Gasteiger partial charge in [-0.05, 0) is 31.1 Å². The molecule has 2 bridgehead atoms. The van der Waals surface area contributed by atoms with Crippen molar-refractivity contribution >= 4 is 17.5 Å². The SMILES string of the molecule is O=C(CCl)N[C@H]1C[C@@H]2CC[C@H]1C2. The Hall–Kier alpha value is -0.240. The van der Waals surface area contributed by atoms with Crippen molar-refractivity contribution in [3.63, 3.8) is 0 Å². The molecule has 0 heterocycles. The summed E-state index contributed by atoms with van der Waals surface area (Å²) in [6.45, 7) is 0. The van der Waals surface area contributed by atoms with Crippen LogP contribution in [-0.2, 0) is 4.79 Å². The summed E-state index contributed by atoms with van der Waals surface area (Å²) in [5.41, 5.74) is 0. The maximum Gasteiger partial charge on any atom is 0.235 e. The summed E-state index contributed by atoms with van der Waals surface area (Å²) in [6, 6.07) is 0.440. The van der Waals surface area contributed by atoms with Crippen LogP contribution in [0.3, 0.4) is 0 Å². The van der Waals surface area contributed by atoms with Crippen molar-refractivity contribution in [2.24, 2.45) is 11.8 Å². The number of hydrogen-bond donors (Lipinski definition) is 1. The monoisotopic (exact) mass is 187 g/mol. The molecule has 2 fully saturated rings. The van der Waals surface area contributed by atoms with Gasteiger partial charge in [0.25, 0.3) is 0 Å². The summed E-state index contributed by atoms with van der Waals surface area (Å²) in [6.07, 6.45) is 5.19. The molecule has 0 aromatic heterocycles. The number of fused-ring (bicyclic) bond motifs is 2. The zero-order chi connectivity index (χ0) is 8.55. The molecule has 0 aromatic carbocycles. The average Bonchev–Trinajstić information content (AvgIpc) is 2.64. The molecule has 2 nitrogen and oxygen atoms in total. The normalized spacial score (nSPS) is 38.6. The Morgan fingerprint density at radius 1 is 1.42 bits per heavy atom. The molecule has 0 aliphatic heterocycles. The highest BCUT2D eigenvalue weighted by molar-refractivity contribution is 6.27. The molecule has 0 radical (unpaired) electrons. The molecule has 3 atom stereocenters. The van der Waals surface area contributed by atoms with Gasteiger partial charge in [-0.15, -0.1) is 11.6 Å². The van der Waals surface area contributed by atoms with Crippen LogP contribution in [0.15, 0.2) is 0 Å². The lowest BCUT2D eigenvalue weighted by molar-refractivity contribution is -0.119. The third-order valence-corrected chi connectivity index (χ3v) is 3.45. The fourth-order valence-corrected chi connectivity index (χ4v) is 2.74. The lowest BCUT2D eigenvalue weighted by atomic mass is 9.95. The Morgan fingerprint density at radius 3 is 2.75 bits per heavy atom. The van der Waals surface area contributed by atoms with Crippen molar-refractivity contribution in [1.29, 1.82) is 0 Å². The molecule has 1 N–H and O–H groups in total. The fraction of sp³-hybridized carbons (Fsp3) is 0.889. The molecule has 2 saturated carbocycles. The van der Waals surface area contributed by atoms with E-state index in [4.69, 9.17) is 11.6 Å². The summed E-state index contributed by atoms with van der Waals surface area (Å²) in [4.78, 5) is 11.0. The van der Waals surface area contributed by atoms with Gasteiger partial charge in [-0.2, -0.15) is 0 Å². The number of nitrogens with one attached hydrogen (secondary N) is 1. The Bertz CT molecular complexity index is 195. The second-order valence-electron chi connectivity index (χ2n) is 3.98. The van der Waals surface area contributed by atoms with E-state index in [-0.39, 0.29) is 11.8 Å². The van der Waals surface area contributed by atoms with Gasteiger partial charge < -0.3 is 5.32 Å². The molecule has 2 rings (SSSR count). The van der Waals surface area contributed by atoms with Gasteiger partial charge in [-0.1, -0.05) is 6.42 Å². The largest absolute Gasteiger partial charge is 0.352 e. The van der Waals surface area contributed by atoms with Crippen molar-refractivity contribution in [3.8, 4) is 0 Å². The fourth-order valence-electron chi connectivity index (χ4n) is 2.67. The van der Waals surface area contributed by atoms with Crippen LogP contribution >= 0.6 is 11.6 Å². The quantitative estimate of drug-likeness (QED) is 0.653. The van der Waals surface area contributed by atoms with Gasteiger partial charge in [0, 0.05) is 6.04 Å². The predicted octanol–water partition coefficient (Wildman–Crippen LogP) is 1.53. The van der Waals surface area contributed by atoms with E-state index < -0.39 is 0 Å². The summed E-state index contributed by atoms with van der Waals surface area (Å²) in [7, 11) is 0. The molecule has 3 heteroatoms. The van der Waals surface area contributed by atoms with Gasteiger partial charge in [-0.3, -0.25) is 4.79 Å². The topological polar surface area (TPSA) is 29.1 Å². The van der Waals surface area contributed by atoms with Crippen LogP contribution in [0.1, 0.15) is 25.7 Å². The van der Waals surface area contributed by atoms with Crippen LogP contribution in [0.4, 0.5) is 0 Å². The maximum absolute atomic E-state index is 11.0. The summed E-state index contributed by atoms with van der Waals surface area (Å²) in [5, 5.41) is 2.99. The molecule has 1 amide bonds. The second kappa shape index (κ2) is 3.25. The Balaban J connectivity index is 1.86. The lowest BCUT2D eigenvalue weighted by Gasteiger charge is -2.22. The summed E-state index contributed by atoms with van der Waals surface area (Å²) in [5.74, 6) is 1.74. The maximum atomic E-state index is 11.0. The second-order valence-corrected chi connectivity index (χ2v) is 4.25. The first-order valence-electron chi connectivity index (χ1n) is 4.65. The Labute approximate surface area is 77.7 Å². The minimum atomic E-state index is -0.00535. The average molecular weight is 188 g/mol. The van der Waals surface area contributed by atoms with E-state index in [0.717, 1.165) is 11.8 Å². The van der Waals surface area contributed by atoms with Gasteiger partial charge in [0.1, 0.15) is 5.88 Å². The van der Waals surface area contributed by atoms with E-state index in [0.29, 0.717) is 6.04 Å². The van der Waals surface area contributed by atoms with Gasteiger partial charge in [0.15, 0.2) is 0 Å². The van der Waals surface area contributed by atoms with E-state index in [1.807, 2.05) is 0 Å². The van der Waals surface area contributed by atoms with Crippen LogP contribution in [0.5, 0.6) is 0 Å². The highest BCUT2D eigenvalue weighted by Crippen LogP contribution is 2.44. The van der Waals surface area contributed by atoms with Crippen molar-refractivity contribution in [2.75, 3.05) is 5.88 Å². The number of hydrogen-bond acceptors (Lipinski definition) is 1. The predicted molar refractivity (Wildman–Crippen MR) is 48.1 cm³/mol. The van der Waals surface area contributed by atoms with Gasteiger partial charge in [0.05, 0.1) is 0 Å². The number of halogens is 1. The number of rotatable bonds is 2. The van der Waals surface area contributed by atoms with Gasteiger partial charge in [0.2, 0.25) is 5.91 Å². The zero-order valence-corrected chi connectivity index (χ0v) is 7.81. The summed E-state index contributed by atoms with van der Waals surface area (Å²) < 4.78 is 0. The molecular weight excluding hydrogens is 174 g/mol. The van der Waals surface area contributed by atoms with Crippen LogP contribution in [-0.4, -0.2) is 17.8 Å². The third-order valence-electron chi connectivity index (χ3n) is 3.21. The van der Waals surface area contributed by atoms with Crippen LogP contribution in [0, 0.1) is 11.8 Å². The number of carbonyl (C=O) groups is 1. The van der Waals surface area contributed by atoms with E-state index in [1.54, 1.807) is 0 Å². The van der Waals surface area contributed by atoms with E-state index in [2.05, 4.69) is 5.32 Å². The minimum Gasteiger partial charge on any atom is -0.352 e. The molecule has 12 heavy (non-hydrogen) atoms. The molecule has 0 aromatic rings. The minimum absolute atomic E-state index is 0.00535. The molecule has 2 aliphatic rings. The van der Waals surface area contributed by atoms with Gasteiger partial charge in [-0.25, -0.2) is 0 Å². The first kappa shape index (κ1) is 8.36. The van der Waals surface area contributed by atoms with Crippen molar-refractivity contribution in [3.05, 3.63) is 0 Å². The zero-order valence-electron chi connectivity index (χ0n) is 7.05. The molecule has 2 aliphatic carbocycles. The van der Waals surface area contributed by atoms with Crippen molar-refractivity contribution in [2.45, 2.75) is 31.7 Å². The van der Waals surface area contributed by atoms with Crippen LogP contribution < -0.4 is 5.32 Å². The third kappa shape index (κ3) is 1.45. The first-order valence-corrected chi connectivity index (χ1v) is 5.18. The first-order chi connectivity index (χ1) is 5.79. The molecule has 68 valence electrons. The van der Waals surface area contributed by atoms with E-state index in [9.17, 15) is 4.79 Å². The molecule has 0 saturated heterocycles. The lowest BCUT2D eigenvalue weighted by Crippen LogP contribution is -2.39. The molecule has 0 unspecified atom stereocenters. The smallest absolute Gasteiger partial charge is 0.235 e. The Kier molecular flexibility index (Phi) is 2.26. The molecule has 0 spiro atoms. The highest BCUT2D eigenvalue weighted by atomic mass is 35.5. The standard InChI is InChI=1S/C9H14ClNO/c10-5-9(12)11-8-4-6-1-2-7(8)3-6/h6-8H,1-5H2,(H,11,12)/t6-,7+,8+/m1/s1. The van der Waals surface area contributed by atoms with Crippen molar-refractivity contribution < 1.29 is 4.79 Å². The van der Waals surface area contributed by atoms with Crippen molar-refractivity contribution in [1.82, 2.24) is 5.32 Å². The van der Waals surface area contributed by atoms with E-state index in [1.165, 1.54) is 25.7 Å². The molecular formula is C9H14ClNO. The Morgan fingerprint density at radius 2 is 2.25 bits per heavy atom. The number of carbonyl (C=O) groups excluding carboxylic acids is 1.